The van der Waals surface area contributed by atoms with Gasteiger partial charge in [0, 0.05) is 19.0 Å². The van der Waals surface area contributed by atoms with E-state index in [0.717, 1.165) is 6.54 Å². The molecule has 1 rings (SSSR count). The minimum absolute atomic E-state index is 0.328. The molecule has 0 saturated heterocycles. The van der Waals surface area contributed by atoms with Crippen molar-refractivity contribution in [1.82, 2.24) is 4.90 Å². The van der Waals surface area contributed by atoms with Crippen molar-refractivity contribution in [2.75, 3.05) is 6.54 Å². The molecule has 0 aromatic heterocycles. The highest BCUT2D eigenvalue weighted by Crippen LogP contribution is 2.22. The molecule has 2 heteroatoms. The zero-order chi connectivity index (χ0) is 9.68. The number of nitrogens with zero attached hydrogens (tertiary/aromatic N) is 1. The van der Waals surface area contributed by atoms with Gasteiger partial charge in [-0.15, -0.1) is 0 Å². The number of hydrogen-bond donors (Lipinski definition) is 0. The third kappa shape index (κ3) is 2.71. The van der Waals surface area contributed by atoms with Gasteiger partial charge in [-0.2, -0.15) is 0 Å². The summed E-state index contributed by atoms with van der Waals surface area (Å²) in [6, 6.07) is 0.547. The number of rotatable bonds is 3. The minimum atomic E-state index is 0.328. The van der Waals surface area contributed by atoms with E-state index in [1.165, 1.54) is 32.1 Å². The first-order valence-electron chi connectivity index (χ1n) is 5.59. The summed E-state index contributed by atoms with van der Waals surface area (Å²) >= 11 is 0. The van der Waals surface area contributed by atoms with Crippen LogP contribution in [0.25, 0.3) is 0 Å². The molecule has 1 fully saturated rings. The molecule has 0 aromatic rings. The lowest BCUT2D eigenvalue weighted by atomic mass is 9.94. The average molecular weight is 183 g/mol. The summed E-state index contributed by atoms with van der Waals surface area (Å²) in [6.45, 7) is 4.92. The van der Waals surface area contributed by atoms with Gasteiger partial charge in [-0.25, -0.2) is 0 Å². The van der Waals surface area contributed by atoms with Gasteiger partial charge in [-0.1, -0.05) is 26.2 Å². The molecule has 0 heterocycles. The molecule has 0 unspecified atom stereocenters. The smallest absolute Gasteiger partial charge is 0.222 e. The van der Waals surface area contributed by atoms with E-state index in [1.807, 2.05) is 6.92 Å². The molecular weight excluding hydrogens is 162 g/mol. The van der Waals surface area contributed by atoms with E-state index in [-0.39, 0.29) is 0 Å². The second-order valence-corrected chi connectivity index (χ2v) is 3.83. The molecule has 0 bridgehead atoms. The summed E-state index contributed by atoms with van der Waals surface area (Å²) in [5.74, 6) is 0.328. The highest BCUT2D eigenvalue weighted by molar-refractivity contribution is 5.76. The molecule has 1 aliphatic carbocycles. The molecule has 1 saturated carbocycles. The normalized spacial score (nSPS) is 18.6. The van der Waals surface area contributed by atoms with Crippen LogP contribution < -0.4 is 0 Å². The van der Waals surface area contributed by atoms with Crippen molar-refractivity contribution in [2.24, 2.45) is 0 Å². The Balaban J connectivity index is 2.48. The minimum Gasteiger partial charge on any atom is -0.340 e. The predicted octanol–water partition coefficient (Wildman–Crippen LogP) is 2.58. The number of hydrogen-bond acceptors (Lipinski definition) is 1. The molecule has 0 N–H and O–H groups in total. The zero-order valence-corrected chi connectivity index (χ0v) is 8.88. The van der Waals surface area contributed by atoms with Crippen LogP contribution in [-0.2, 0) is 4.79 Å². The van der Waals surface area contributed by atoms with Crippen molar-refractivity contribution < 1.29 is 4.79 Å². The van der Waals surface area contributed by atoms with Gasteiger partial charge in [0.2, 0.25) is 5.91 Å². The van der Waals surface area contributed by atoms with Gasteiger partial charge in [-0.3, -0.25) is 4.79 Å². The second-order valence-electron chi connectivity index (χ2n) is 3.83. The lowest BCUT2D eigenvalue weighted by molar-refractivity contribution is -0.133. The quantitative estimate of drug-likeness (QED) is 0.658. The van der Waals surface area contributed by atoms with E-state index in [0.29, 0.717) is 18.4 Å². The maximum absolute atomic E-state index is 11.6. The van der Waals surface area contributed by atoms with Crippen LogP contribution in [0.5, 0.6) is 0 Å². The van der Waals surface area contributed by atoms with Gasteiger partial charge in [0.05, 0.1) is 0 Å². The first-order valence-corrected chi connectivity index (χ1v) is 5.59. The lowest BCUT2D eigenvalue weighted by Crippen LogP contribution is -2.40. The van der Waals surface area contributed by atoms with Crippen LogP contribution in [0.15, 0.2) is 0 Å². The van der Waals surface area contributed by atoms with Gasteiger partial charge in [0.1, 0.15) is 0 Å². The third-order valence-corrected chi connectivity index (χ3v) is 2.98. The van der Waals surface area contributed by atoms with Crippen molar-refractivity contribution >= 4 is 5.91 Å². The van der Waals surface area contributed by atoms with E-state index >= 15 is 0 Å². The van der Waals surface area contributed by atoms with Crippen molar-refractivity contribution in [2.45, 2.75) is 58.4 Å². The molecule has 1 amide bonds. The lowest BCUT2D eigenvalue weighted by Gasteiger charge is -2.33. The third-order valence-electron chi connectivity index (χ3n) is 2.98. The van der Waals surface area contributed by atoms with E-state index in [4.69, 9.17) is 0 Å². The van der Waals surface area contributed by atoms with Gasteiger partial charge >= 0.3 is 0 Å². The van der Waals surface area contributed by atoms with Crippen LogP contribution in [-0.4, -0.2) is 23.4 Å². The zero-order valence-electron chi connectivity index (χ0n) is 8.88. The van der Waals surface area contributed by atoms with Crippen LogP contribution in [0.4, 0.5) is 0 Å². The van der Waals surface area contributed by atoms with Crippen LogP contribution in [0, 0.1) is 0 Å². The van der Waals surface area contributed by atoms with Crippen LogP contribution >= 0.6 is 0 Å². The summed E-state index contributed by atoms with van der Waals surface area (Å²) < 4.78 is 0. The summed E-state index contributed by atoms with van der Waals surface area (Å²) in [6.07, 6.45) is 7.06. The molecule has 0 aliphatic heterocycles. The van der Waals surface area contributed by atoms with E-state index in [2.05, 4.69) is 11.8 Å². The van der Waals surface area contributed by atoms with Crippen LogP contribution in [0.1, 0.15) is 52.4 Å². The van der Waals surface area contributed by atoms with E-state index < -0.39 is 0 Å². The van der Waals surface area contributed by atoms with Crippen molar-refractivity contribution in [1.29, 1.82) is 0 Å². The molecule has 0 spiro atoms. The SMILES string of the molecule is CCC(=O)N(CC)C1CCCCC1. The molecular formula is C11H21NO. The van der Waals surface area contributed by atoms with Crippen LogP contribution in [0.3, 0.4) is 0 Å². The molecule has 0 radical (unpaired) electrons. The Morgan fingerprint density at radius 2 is 1.85 bits per heavy atom. The molecule has 1 aliphatic rings. The Kier molecular flexibility index (Phi) is 4.26. The van der Waals surface area contributed by atoms with Crippen molar-refractivity contribution in [3.8, 4) is 0 Å². The molecule has 2 nitrogen and oxygen atoms in total. The molecule has 0 aromatic carbocycles. The van der Waals surface area contributed by atoms with Gasteiger partial charge in [0.25, 0.3) is 0 Å². The van der Waals surface area contributed by atoms with Gasteiger partial charge < -0.3 is 4.90 Å². The Morgan fingerprint density at radius 1 is 1.23 bits per heavy atom. The molecule has 76 valence electrons. The first-order chi connectivity index (χ1) is 6.29. The van der Waals surface area contributed by atoms with Crippen LogP contribution in [0.2, 0.25) is 0 Å². The summed E-state index contributed by atoms with van der Waals surface area (Å²) in [7, 11) is 0. The number of carbonyl (C=O) groups excluding carboxylic acids is 1. The van der Waals surface area contributed by atoms with E-state index in [9.17, 15) is 4.79 Å². The maximum atomic E-state index is 11.6. The monoisotopic (exact) mass is 183 g/mol. The van der Waals surface area contributed by atoms with Gasteiger partial charge in [-0.05, 0) is 19.8 Å². The Hall–Kier alpha value is -0.530. The highest BCUT2D eigenvalue weighted by atomic mass is 16.2. The standard InChI is InChI=1S/C11H21NO/c1-3-11(13)12(4-2)10-8-6-5-7-9-10/h10H,3-9H2,1-2H3. The molecule has 0 atom stereocenters. The fourth-order valence-corrected chi connectivity index (χ4v) is 2.23. The fourth-order valence-electron chi connectivity index (χ4n) is 2.23. The van der Waals surface area contributed by atoms with Gasteiger partial charge in [0.15, 0.2) is 0 Å². The Labute approximate surface area is 81.3 Å². The summed E-state index contributed by atoms with van der Waals surface area (Å²) in [5.41, 5.74) is 0. The summed E-state index contributed by atoms with van der Waals surface area (Å²) in [4.78, 5) is 13.6. The number of amides is 1. The fraction of sp³-hybridized carbons (Fsp3) is 0.909. The topological polar surface area (TPSA) is 20.3 Å². The Morgan fingerprint density at radius 3 is 2.31 bits per heavy atom. The molecule has 13 heavy (non-hydrogen) atoms. The predicted molar refractivity (Wildman–Crippen MR) is 54.6 cm³/mol. The summed E-state index contributed by atoms with van der Waals surface area (Å²) in [5, 5.41) is 0. The average Bonchev–Trinajstić information content (AvgIpc) is 2.20. The van der Waals surface area contributed by atoms with Crippen molar-refractivity contribution in [3.63, 3.8) is 0 Å². The Bertz CT molecular complexity index is 161. The highest BCUT2D eigenvalue weighted by Gasteiger charge is 2.22. The number of carbonyl (C=O) groups is 1. The van der Waals surface area contributed by atoms with Crippen molar-refractivity contribution in [3.05, 3.63) is 0 Å². The largest absolute Gasteiger partial charge is 0.340 e. The second kappa shape index (κ2) is 5.25. The maximum Gasteiger partial charge on any atom is 0.222 e. The first kappa shape index (κ1) is 10.6. The van der Waals surface area contributed by atoms with E-state index in [1.54, 1.807) is 0 Å².